The lowest BCUT2D eigenvalue weighted by molar-refractivity contribution is -0.138. The van der Waals surface area contributed by atoms with Gasteiger partial charge in [0.2, 0.25) is 0 Å². The third-order valence-electron chi connectivity index (χ3n) is 3.33. The topological polar surface area (TPSA) is 77.8 Å². The van der Waals surface area contributed by atoms with Crippen LogP contribution in [0.5, 0.6) is 0 Å². The molecule has 0 radical (unpaired) electrons. The van der Waals surface area contributed by atoms with Crippen LogP contribution in [0.3, 0.4) is 0 Å². The number of hydrogen-bond acceptors (Lipinski definition) is 3. The average Bonchev–Trinajstić information content (AvgIpc) is 2.36. The Morgan fingerprint density at radius 1 is 1.05 bits per heavy atom. The summed E-state index contributed by atoms with van der Waals surface area (Å²) in [6, 6.07) is 5.89. The smallest absolute Gasteiger partial charge is 0.305 e. The van der Waals surface area contributed by atoms with Crippen molar-refractivity contribution in [2.24, 2.45) is 0 Å². The molecule has 0 heterocycles. The average molecular weight is 279 g/mol. The van der Waals surface area contributed by atoms with Gasteiger partial charge in [-0.25, -0.2) is 0 Å². The first kappa shape index (κ1) is 16.0. The fraction of sp³-hybridized carbons (Fsp3) is 0.467. The van der Waals surface area contributed by atoms with Crippen LogP contribution in [-0.2, 0) is 9.59 Å². The van der Waals surface area contributed by atoms with E-state index in [1.54, 1.807) is 0 Å². The molecule has 5 nitrogen and oxygen atoms in total. The van der Waals surface area contributed by atoms with Crippen molar-refractivity contribution < 1.29 is 19.8 Å². The number of hydrogen-bond donors (Lipinski definition) is 2. The van der Waals surface area contributed by atoms with Gasteiger partial charge in [0.05, 0.1) is 6.42 Å². The first-order valence-electron chi connectivity index (χ1n) is 6.66. The Balaban J connectivity index is 2.82. The predicted octanol–water partition coefficient (Wildman–Crippen LogP) is 2.45. The lowest BCUT2D eigenvalue weighted by atomic mass is 10.1. The number of anilines is 1. The van der Waals surface area contributed by atoms with Crippen LogP contribution in [-0.4, -0.2) is 35.2 Å². The van der Waals surface area contributed by atoms with E-state index in [2.05, 4.69) is 0 Å². The van der Waals surface area contributed by atoms with Gasteiger partial charge >= 0.3 is 11.9 Å². The van der Waals surface area contributed by atoms with Gasteiger partial charge in [0, 0.05) is 25.2 Å². The maximum atomic E-state index is 10.7. The molecular weight excluding hydrogens is 258 g/mol. The van der Waals surface area contributed by atoms with E-state index in [1.807, 2.05) is 36.9 Å². The van der Waals surface area contributed by atoms with Gasteiger partial charge in [-0.2, -0.15) is 0 Å². The van der Waals surface area contributed by atoms with E-state index in [4.69, 9.17) is 10.2 Å². The zero-order valence-electron chi connectivity index (χ0n) is 11.9. The monoisotopic (exact) mass is 279 g/mol. The fourth-order valence-electron chi connectivity index (χ4n) is 2.08. The van der Waals surface area contributed by atoms with Crippen LogP contribution >= 0.6 is 0 Å². The standard InChI is InChI=1S/C15H21NO4/c1-11-5-3-6-13(12(11)2)16(10-8-15(19)20)9-4-7-14(17)18/h3,5-6H,4,7-10H2,1-2H3,(H,17,18)(H,19,20). The Bertz CT molecular complexity index is 485. The summed E-state index contributed by atoms with van der Waals surface area (Å²) in [5.74, 6) is -1.68. The van der Waals surface area contributed by atoms with Gasteiger partial charge in [-0.1, -0.05) is 12.1 Å². The zero-order chi connectivity index (χ0) is 15.1. The molecule has 0 aliphatic carbocycles. The summed E-state index contributed by atoms with van der Waals surface area (Å²) in [6.45, 7) is 4.93. The van der Waals surface area contributed by atoms with E-state index in [-0.39, 0.29) is 12.8 Å². The second-order valence-electron chi connectivity index (χ2n) is 4.85. The number of carboxylic acids is 2. The molecular formula is C15H21NO4. The molecule has 1 rings (SSSR count). The highest BCUT2D eigenvalue weighted by Gasteiger charge is 2.12. The minimum Gasteiger partial charge on any atom is -0.481 e. The third-order valence-corrected chi connectivity index (χ3v) is 3.33. The SMILES string of the molecule is Cc1cccc(N(CCCC(=O)O)CCC(=O)O)c1C. The summed E-state index contributed by atoms with van der Waals surface area (Å²) < 4.78 is 0. The predicted molar refractivity (Wildman–Crippen MR) is 77.3 cm³/mol. The molecule has 1 aromatic carbocycles. The van der Waals surface area contributed by atoms with Gasteiger partial charge in [0.15, 0.2) is 0 Å². The Morgan fingerprint density at radius 2 is 1.70 bits per heavy atom. The molecule has 2 N–H and O–H groups in total. The number of rotatable bonds is 8. The van der Waals surface area contributed by atoms with Crippen molar-refractivity contribution >= 4 is 17.6 Å². The van der Waals surface area contributed by atoms with Crippen molar-refractivity contribution in [3.05, 3.63) is 29.3 Å². The molecule has 0 saturated carbocycles. The maximum absolute atomic E-state index is 10.7. The largest absolute Gasteiger partial charge is 0.481 e. The third kappa shape index (κ3) is 4.91. The summed E-state index contributed by atoms with van der Waals surface area (Å²) >= 11 is 0. The minimum atomic E-state index is -0.849. The van der Waals surface area contributed by atoms with Crippen LogP contribution in [0.2, 0.25) is 0 Å². The van der Waals surface area contributed by atoms with Crippen LogP contribution < -0.4 is 4.90 Å². The Kier molecular flexibility index (Phi) is 6.03. The molecule has 0 fully saturated rings. The molecule has 0 amide bonds. The van der Waals surface area contributed by atoms with Crippen LogP contribution in [0.25, 0.3) is 0 Å². The number of nitrogens with zero attached hydrogens (tertiary/aromatic N) is 1. The lowest BCUT2D eigenvalue weighted by Crippen LogP contribution is -2.28. The van der Waals surface area contributed by atoms with E-state index in [9.17, 15) is 9.59 Å². The molecule has 0 unspecified atom stereocenters. The van der Waals surface area contributed by atoms with Crippen molar-refractivity contribution in [1.82, 2.24) is 0 Å². The van der Waals surface area contributed by atoms with Crippen molar-refractivity contribution in [3.8, 4) is 0 Å². The Labute approximate surface area is 118 Å². The van der Waals surface area contributed by atoms with Gasteiger partial charge in [0.1, 0.15) is 0 Å². The van der Waals surface area contributed by atoms with Crippen molar-refractivity contribution in [2.75, 3.05) is 18.0 Å². The van der Waals surface area contributed by atoms with Crippen LogP contribution in [0.1, 0.15) is 30.4 Å². The number of carboxylic acid groups (broad SMARTS) is 2. The Hall–Kier alpha value is -2.04. The molecule has 0 saturated heterocycles. The molecule has 20 heavy (non-hydrogen) atoms. The van der Waals surface area contributed by atoms with E-state index in [1.165, 1.54) is 0 Å². The molecule has 1 aromatic rings. The number of benzene rings is 1. The summed E-state index contributed by atoms with van der Waals surface area (Å²) in [5.41, 5.74) is 3.23. The van der Waals surface area contributed by atoms with Crippen molar-refractivity contribution in [3.63, 3.8) is 0 Å². The maximum Gasteiger partial charge on any atom is 0.305 e. The van der Waals surface area contributed by atoms with Gasteiger partial charge in [-0.3, -0.25) is 9.59 Å². The summed E-state index contributed by atoms with van der Waals surface area (Å²) in [6.07, 6.45) is 0.636. The number of aliphatic carboxylic acids is 2. The quantitative estimate of drug-likeness (QED) is 0.764. The van der Waals surface area contributed by atoms with E-state index in [0.29, 0.717) is 19.5 Å². The molecule has 110 valence electrons. The van der Waals surface area contributed by atoms with Gasteiger partial charge in [0.25, 0.3) is 0 Å². The van der Waals surface area contributed by atoms with Crippen LogP contribution in [0.15, 0.2) is 18.2 Å². The number of aryl methyl sites for hydroxylation is 1. The van der Waals surface area contributed by atoms with Crippen LogP contribution in [0, 0.1) is 13.8 Å². The first-order valence-corrected chi connectivity index (χ1v) is 6.66. The second-order valence-corrected chi connectivity index (χ2v) is 4.85. The molecule has 0 aliphatic rings. The zero-order valence-corrected chi connectivity index (χ0v) is 11.9. The highest BCUT2D eigenvalue weighted by Crippen LogP contribution is 2.23. The van der Waals surface area contributed by atoms with Crippen molar-refractivity contribution in [1.29, 1.82) is 0 Å². The number of carbonyl (C=O) groups is 2. The molecule has 0 atom stereocenters. The molecule has 0 bridgehead atoms. The van der Waals surface area contributed by atoms with Gasteiger partial charge < -0.3 is 15.1 Å². The Morgan fingerprint density at radius 3 is 2.30 bits per heavy atom. The lowest BCUT2D eigenvalue weighted by Gasteiger charge is -2.26. The molecule has 0 spiro atoms. The minimum absolute atomic E-state index is 0.0421. The molecule has 0 aliphatic heterocycles. The van der Waals surface area contributed by atoms with E-state index in [0.717, 1.165) is 16.8 Å². The molecule has 0 aromatic heterocycles. The van der Waals surface area contributed by atoms with Crippen LogP contribution in [0.4, 0.5) is 5.69 Å². The van der Waals surface area contributed by atoms with E-state index >= 15 is 0 Å². The molecule has 5 heteroatoms. The summed E-state index contributed by atoms with van der Waals surface area (Å²) in [5, 5.41) is 17.5. The van der Waals surface area contributed by atoms with Gasteiger partial charge in [-0.15, -0.1) is 0 Å². The highest BCUT2D eigenvalue weighted by atomic mass is 16.4. The highest BCUT2D eigenvalue weighted by molar-refractivity contribution is 5.68. The van der Waals surface area contributed by atoms with E-state index < -0.39 is 11.9 Å². The van der Waals surface area contributed by atoms with Crippen molar-refractivity contribution in [2.45, 2.75) is 33.1 Å². The second kappa shape index (κ2) is 7.53. The van der Waals surface area contributed by atoms with Gasteiger partial charge in [-0.05, 0) is 37.5 Å². The normalized spacial score (nSPS) is 10.3. The summed E-state index contributed by atoms with van der Waals surface area (Å²) in [4.78, 5) is 23.3. The summed E-state index contributed by atoms with van der Waals surface area (Å²) in [7, 11) is 0. The fourth-order valence-corrected chi connectivity index (χ4v) is 2.08. The first-order chi connectivity index (χ1) is 9.41.